The standard InChI is InChI=1S/C26H21NO2/c28-24(29-17-18-13-15-27-16-14-18)6-2-3-19-7-8-22-10-9-20-4-1-5-21-11-12-23(19)26(22)25(20)21/h1,4-5,7-16H,2-3,6,17H2. The molecule has 3 heteroatoms. The minimum Gasteiger partial charge on any atom is -0.461 e. The number of ether oxygens (including phenoxy) is 1. The smallest absolute Gasteiger partial charge is 0.306 e. The van der Waals surface area contributed by atoms with Crippen molar-refractivity contribution >= 4 is 38.3 Å². The molecule has 0 unspecified atom stereocenters. The fourth-order valence-corrected chi connectivity index (χ4v) is 4.15. The van der Waals surface area contributed by atoms with Crippen LogP contribution >= 0.6 is 0 Å². The van der Waals surface area contributed by atoms with E-state index in [1.54, 1.807) is 12.4 Å². The van der Waals surface area contributed by atoms with Crippen LogP contribution in [0.25, 0.3) is 32.3 Å². The quantitative estimate of drug-likeness (QED) is 0.266. The summed E-state index contributed by atoms with van der Waals surface area (Å²) in [6.07, 6.45) is 5.47. The highest BCUT2D eigenvalue weighted by molar-refractivity contribution is 6.23. The highest BCUT2D eigenvalue weighted by atomic mass is 16.5. The van der Waals surface area contributed by atoms with Crippen LogP contribution in [0.15, 0.2) is 79.1 Å². The molecule has 1 aromatic heterocycles. The first-order chi connectivity index (χ1) is 14.3. The summed E-state index contributed by atoms with van der Waals surface area (Å²) in [5.41, 5.74) is 2.25. The van der Waals surface area contributed by atoms with E-state index in [1.165, 1.54) is 37.9 Å². The minimum absolute atomic E-state index is 0.153. The van der Waals surface area contributed by atoms with Gasteiger partial charge in [0, 0.05) is 18.8 Å². The molecule has 5 rings (SSSR count). The maximum Gasteiger partial charge on any atom is 0.306 e. The average Bonchev–Trinajstić information content (AvgIpc) is 2.77. The Morgan fingerprint density at radius 1 is 0.793 bits per heavy atom. The Labute approximate surface area is 169 Å². The van der Waals surface area contributed by atoms with Crippen LogP contribution in [0.5, 0.6) is 0 Å². The minimum atomic E-state index is -0.153. The molecule has 0 radical (unpaired) electrons. The Morgan fingerprint density at radius 3 is 2.28 bits per heavy atom. The molecule has 0 saturated heterocycles. The summed E-state index contributed by atoms with van der Waals surface area (Å²) < 4.78 is 5.38. The first kappa shape index (κ1) is 17.6. The number of aryl methyl sites for hydroxylation is 1. The molecular formula is C26H21NO2. The Morgan fingerprint density at radius 2 is 1.48 bits per heavy atom. The summed E-state index contributed by atoms with van der Waals surface area (Å²) in [7, 11) is 0. The second-order valence-corrected chi connectivity index (χ2v) is 7.45. The molecule has 0 aliphatic rings. The average molecular weight is 379 g/mol. The maximum atomic E-state index is 12.1. The molecule has 29 heavy (non-hydrogen) atoms. The highest BCUT2D eigenvalue weighted by Gasteiger charge is 2.11. The summed E-state index contributed by atoms with van der Waals surface area (Å²) in [5, 5.41) is 7.77. The summed E-state index contributed by atoms with van der Waals surface area (Å²) in [4.78, 5) is 16.1. The van der Waals surface area contributed by atoms with E-state index >= 15 is 0 Å². The van der Waals surface area contributed by atoms with Crippen LogP contribution < -0.4 is 0 Å². The number of hydrogen-bond acceptors (Lipinski definition) is 3. The van der Waals surface area contributed by atoms with Gasteiger partial charge in [-0.3, -0.25) is 9.78 Å². The van der Waals surface area contributed by atoms with Gasteiger partial charge in [0.05, 0.1) is 0 Å². The van der Waals surface area contributed by atoms with Gasteiger partial charge < -0.3 is 4.74 Å². The number of carbonyl (C=O) groups is 1. The molecule has 0 aliphatic heterocycles. The SMILES string of the molecule is O=C(CCCc1ccc2ccc3cccc4ccc1c2c34)OCc1ccncc1. The van der Waals surface area contributed by atoms with E-state index in [0.29, 0.717) is 13.0 Å². The molecule has 0 aliphatic carbocycles. The van der Waals surface area contributed by atoms with Gasteiger partial charge in [0.25, 0.3) is 0 Å². The van der Waals surface area contributed by atoms with Gasteiger partial charge >= 0.3 is 5.97 Å². The third-order valence-corrected chi connectivity index (χ3v) is 5.60. The van der Waals surface area contributed by atoms with E-state index in [9.17, 15) is 4.79 Å². The lowest BCUT2D eigenvalue weighted by Crippen LogP contribution is -2.05. The van der Waals surface area contributed by atoms with Gasteiger partial charge in [-0.2, -0.15) is 0 Å². The van der Waals surface area contributed by atoms with Gasteiger partial charge in [-0.15, -0.1) is 0 Å². The van der Waals surface area contributed by atoms with Crippen molar-refractivity contribution in [3.63, 3.8) is 0 Å². The molecule has 5 aromatic rings. The van der Waals surface area contributed by atoms with Gasteiger partial charge in [0.2, 0.25) is 0 Å². The summed E-state index contributed by atoms with van der Waals surface area (Å²) in [6.45, 7) is 0.306. The van der Waals surface area contributed by atoms with Gasteiger partial charge in [0.15, 0.2) is 0 Å². The van der Waals surface area contributed by atoms with Crippen LogP contribution in [0, 0.1) is 0 Å². The molecule has 4 aromatic carbocycles. The zero-order chi connectivity index (χ0) is 19.6. The fourth-order valence-electron chi connectivity index (χ4n) is 4.15. The Hall–Kier alpha value is -3.46. The van der Waals surface area contributed by atoms with E-state index in [4.69, 9.17) is 4.74 Å². The number of aromatic nitrogens is 1. The van der Waals surface area contributed by atoms with Crippen molar-refractivity contribution < 1.29 is 9.53 Å². The third-order valence-electron chi connectivity index (χ3n) is 5.60. The lowest BCUT2D eigenvalue weighted by Gasteiger charge is -2.14. The molecule has 0 fully saturated rings. The van der Waals surface area contributed by atoms with E-state index in [-0.39, 0.29) is 5.97 Å². The van der Waals surface area contributed by atoms with Crippen molar-refractivity contribution in [2.45, 2.75) is 25.9 Å². The molecule has 0 bridgehead atoms. The Bertz CT molecular complexity index is 1280. The summed E-state index contributed by atoms with van der Waals surface area (Å²) in [6, 6.07) is 23.4. The van der Waals surface area contributed by atoms with E-state index in [1.807, 2.05) is 12.1 Å². The summed E-state index contributed by atoms with van der Waals surface area (Å²) in [5.74, 6) is -0.153. The topological polar surface area (TPSA) is 39.2 Å². The molecule has 0 saturated carbocycles. The van der Waals surface area contributed by atoms with Crippen molar-refractivity contribution in [2.75, 3.05) is 0 Å². The normalized spacial score (nSPS) is 11.4. The van der Waals surface area contributed by atoms with Crippen molar-refractivity contribution in [2.24, 2.45) is 0 Å². The predicted molar refractivity (Wildman–Crippen MR) is 117 cm³/mol. The van der Waals surface area contributed by atoms with Gasteiger partial charge in [-0.1, -0.05) is 54.6 Å². The second-order valence-electron chi connectivity index (χ2n) is 7.45. The Balaban J connectivity index is 1.32. The number of esters is 1. The molecule has 142 valence electrons. The first-order valence-electron chi connectivity index (χ1n) is 9.99. The number of nitrogens with zero attached hydrogens (tertiary/aromatic N) is 1. The van der Waals surface area contributed by atoms with Gasteiger partial charge in [0.1, 0.15) is 6.61 Å². The van der Waals surface area contributed by atoms with E-state index in [0.717, 1.165) is 18.4 Å². The lowest BCUT2D eigenvalue weighted by atomic mass is 9.90. The van der Waals surface area contributed by atoms with E-state index < -0.39 is 0 Å². The third kappa shape index (κ3) is 3.40. The van der Waals surface area contributed by atoms with E-state index in [2.05, 4.69) is 59.6 Å². The molecular weight excluding hydrogens is 358 g/mol. The van der Waals surface area contributed by atoms with Crippen LogP contribution in [0.4, 0.5) is 0 Å². The molecule has 1 heterocycles. The predicted octanol–water partition coefficient (Wildman–Crippen LogP) is 6.05. The second kappa shape index (κ2) is 7.51. The van der Waals surface area contributed by atoms with Crippen LogP contribution in [-0.4, -0.2) is 11.0 Å². The van der Waals surface area contributed by atoms with Crippen LogP contribution in [-0.2, 0) is 22.6 Å². The highest BCUT2D eigenvalue weighted by Crippen LogP contribution is 2.36. The first-order valence-corrected chi connectivity index (χ1v) is 9.99. The van der Waals surface area contributed by atoms with Crippen molar-refractivity contribution in [1.29, 1.82) is 0 Å². The zero-order valence-corrected chi connectivity index (χ0v) is 16.1. The van der Waals surface area contributed by atoms with Gasteiger partial charge in [-0.05, 0) is 68.4 Å². The molecule has 0 N–H and O–H groups in total. The number of benzene rings is 4. The maximum absolute atomic E-state index is 12.1. The van der Waals surface area contributed by atoms with Crippen molar-refractivity contribution in [1.82, 2.24) is 4.98 Å². The van der Waals surface area contributed by atoms with Crippen LogP contribution in [0.1, 0.15) is 24.0 Å². The summed E-state index contributed by atoms with van der Waals surface area (Å²) >= 11 is 0. The number of hydrogen-bond donors (Lipinski definition) is 0. The zero-order valence-electron chi connectivity index (χ0n) is 16.1. The molecule has 0 atom stereocenters. The molecule has 0 spiro atoms. The molecule has 3 nitrogen and oxygen atoms in total. The Kier molecular flexibility index (Phi) is 4.57. The number of rotatable bonds is 6. The van der Waals surface area contributed by atoms with Crippen LogP contribution in [0.2, 0.25) is 0 Å². The lowest BCUT2D eigenvalue weighted by molar-refractivity contribution is -0.145. The van der Waals surface area contributed by atoms with Crippen molar-refractivity contribution in [3.8, 4) is 0 Å². The fraction of sp³-hybridized carbons (Fsp3) is 0.154. The van der Waals surface area contributed by atoms with Crippen LogP contribution in [0.3, 0.4) is 0 Å². The number of carbonyl (C=O) groups excluding carboxylic acids is 1. The monoisotopic (exact) mass is 379 g/mol. The largest absolute Gasteiger partial charge is 0.461 e. The van der Waals surface area contributed by atoms with Gasteiger partial charge in [-0.25, -0.2) is 0 Å². The van der Waals surface area contributed by atoms with Crippen molar-refractivity contribution in [3.05, 3.63) is 90.3 Å². The molecule has 0 amide bonds. The number of pyridine rings is 1.